The predicted octanol–water partition coefficient (Wildman–Crippen LogP) is 4.84. The van der Waals surface area contributed by atoms with Crippen LogP contribution in [0.3, 0.4) is 0 Å². The first-order chi connectivity index (χ1) is 16.5. The Kier molecular flexibility index (Phi) is 10.2. The smallest absolute Gasteiger partial charge is 0.198 e. The molecule has 3 rings (SSSR count). The standard InChI is InChI=1S/C28H32O5S/c29-19-10-12-22(30)11-9-17-25-27(31)26(34-24-15-5-2-6-16-24)21-28(25,32)18-7-8-20-33-23-13-3-1-4-14-23/h1-6,9,11,13-17,21-22,29-30,32H,7-8,10,12,18-20H2/b11-9-,25-17-. The summed E-state index contributed by atoms with van der Waals surface area (Å²) < 4.78 is 5.74. The number of aliphatic hydroxyl groups excluding tert-OH is 2. The molecule has 0 spiro atoms. The van der Waals surface area contributed by atoms with Gasteiger partial charge in [-0.15, -0.1) is 0 Å². The molecule has 5 nitrogen and oxygen atoms in total. The van der Waals surface area contributed by atoms with Crippen LogP contribution in [0.4, 0.5) is 0 Å². The molecule has 1 aliphatic rings. The Labute approximate surface area is 205 Å². The normalized spacial score (nSPS) is 20.1. The monoisotopic (exact) mass is 480 g/mol. The van der Waals surface area contributed by atoms with Gasteiger partial charge in [0.05, 0.1) is 17.6 Å². The summed E-state index contributed by atoms with van der Waals surface area (Å²) in [4.78, 5) is 14.6. The molecule has 3 N–H and O–H groups in total. The fourth-order valence-corrected chi connectivity index (χ4v) is 4.69. The molecule has 1 aliphatic carbocycles. The maximum atomic E-state index is 13.2. The van der Waals surface area contributed by atoms with Gasteiger partial charge in [0, 0.05) is 17.1 Å². The summed E-state index contributed by atoms with van der Waals surface area (Å²) in [5.74, 6) is 0.607. The molecule has 2 atom stereocenters. The number of allylic oxidation sites excluding steroid dienone is 3. The minimum absolute atomic E-state index is 0.0161. The van der Waals surface area contributed by atoms with Crippen molar-refractivity contribution in [3.63, 3.8) is 0 Å². The minimum Gasteiger partial charge on any atom is -0.494 e. The zero-order valence-electron chi connectivity index (χ0n) is 19.2. The number of rotatable bonds is 13. The maximum absolute atomic E-state index is 13.2. The maximum Gasteiger partial charge on any atom is 0.198 e. The lowest BCUT2D eigenvalue weighted by atomic mass is 9.90. The van der Waals surface area contributed by atoms with E-state index in [0.717, 1.165) is 17.1 Å². The summed E-state index contributed by atoms with van der Waals surface area (Å²) in [6, 6.07) is 19.2. The zero-order chi connectivity index (χ0) is 24.2. The van der Waals surface area contributed by atoms with Gasteiger partial charge in [-0.2, -0.15) is 0 Å². The van der Waals surface area contributed by atoms with E-state index in [0.29, 0.717) is 42.8 Å². The first-order valence-electron chi connectivity index (χ1n) is 11.6. The first-order valence-corrected chi connectivity index (χ1v) is 12.4. The number of Topliss-reactive ketones (excluding diaryl/α,β-unsaturated/α-hetero) is 1. The predicted molar refractivity (Wildman–Crippen MR) is 136 cm³/mol. The summed E-state index contributed by atoms with van der Waals surface area (Å²) in [7, 11) is 0. The molecule has 2 aromatic rings. The summed E-state index contributed by atoms with van der Waals surface area (Å²) in [5.41, 5.74) is -1.07. The van der Waals surface area contributed by atoms with E-state index in [2.05, 4.69) is 0 Å². The van der Waals surface area contributed by atoms with Crippen molar-refractivity contribution >= 4 is 17.5 Å². The Bertz CT molecular complexity index is 1000. The van der Waals surface area contributed by atoms with Gasteiger partial charge < -0.3 is 20.1 Å². The summed E-state index contributed by atoms with van der Waals surface area (Å²) in [6.07, 6.45) is 8.47. The first kappa shape index (κ1) is 26.0. The van der Waals surface area contributed by atoms with Crippen LogP contribution in [0.5, 0.6) is 5.75 Å². The highest BCUT2D eigenvalue weighted by molar-refractivity contribution is 8.04. The van der Waals surface area contributed by atoms with Crippen LogP contribution in [0.15, 0.2) is 100 Å². The number of ether oxygens (including phenoxy) is 1. The number of aliphatic hydroxyl groups is 3. The van der Waals surface area contributed by atoms with Crippen molar-refractivity contribution in [1.82, 2.24) is 0 Å². The van der Waals surface area contributed by atoms with E-state index >= 15 is 0 Å². The van der Waals surface area contributed by atoms with Crippen molar-refractivity contribution < 1.29 is 24.9 Å². The van der Waals surface area contributed by atoms with E-state index in [9.17, 15) is 15.0 Å². The molecular formula is C28H32O5S. The van der Waals surface area contributed by atoms with Crippen LogP contribution in [-0.4, -0.2) is 46.0 Å². The third-order valence-electron chi connectivity index (χ3n) is 5.49. The van der Waals surface area contributed by atoms with Gasteiger partial charge >= 0.3 is 0 Å². The molecule has 0 bridgehead atoms. The van der Waals surface area contributed by atoms with Crippen molar-refractivity contribution in [1.29, 1.82) is 0 Å². The SMILES string of the molecule is O=C1C(Sc2ccccc2)=CC(O)(CCCCOc2ccccc2)/C1=C\C=C/C(O)CCCO. The highest BCUT2D eigenvalue weighted by atomic mass is 32.2. The van der Waals surface area contributed by atoms with Crippen LogP contribution in [0.1, 0.15) is 32.1 Å². The van der Waals surface area contributed by atoms with E-state index in [1.165, 1.54) is 11.8 Å². The van der Waals surface area contributed by atoms with Gasteiger partial charge in [-0.1, -0.05) is 66.4 Å². The summed E-state index contributed by atoms with van der Waals surface area (Å²) in [6.45, 7) is 0.543. The molecule has 0 radical (unpaired) electrons. The second kappa shape index (κ2) is 13.3. The van der Waals surface area contributed by atoms with Crippen molar-refractivity contribution in [3.05, 3.63) is 95.4 Å². The number of benzene rings is 2. The quantitative estimate of drug-likeness (QED) is 0.281. The third-order valence-corrected chi connectivity index (χ3v) is 6.53. The number of para-hydroxylation sites is 1. The molecule has 0 aromatic heterocycles. The van der Waals surface area contributed by atoms with Gasteiger partial charge in [0.2, 0.25) is 0 Å². The number of hydrogen-bond donors (Lipinski definition) is 3. The fourth-order valence-electron chi connectivity index (χ4n) is 3.69. The number of unbranched alkanes of at least 4 members (excludes halogenated alkanes) is 1. The number of carbonyl (C=O) groups is 1. The van der Waals surface area contributed by atoms with Crippen LogP contribution in [-0.2, 0) is 4.79 Å². The molecule has 2 unspecified atom stereocenters. The minimum atomic E-state index is -1.37. The van der Waals surface area contributed by atoms with Crippen molar-refractivity contribution in [3.8, 4) is 5.75 Å². The molecule has 0 saturated heterocycles. The molecule has 2 aromatic carbocycles. The molecule has 34 heavy (non-hydrogen) atoms. The fraction of sp³-hybridized carbons (Fsp3) is 0.321. The van der Waals surface area contributed by atoms with E-state index in [1.807, 2.05) is 60.7 Å². The van der Waals surface area contributed by atoms with Crippen LogP contribution in [0.25, 0.3) is 0 Å². The Morgan fingerprint density at radius 3 is 2.41 bits per heavy atom. The van der Waals surface area contributed by atoms with Crippen LogP contribution >= 0.6 is 11.8 Å². The van der Waals surface area contributed by atoms with E-state index in [-0.39, 0.29) is 12.4 Å². The summed E-state index contributed by atoms with van der Waals surface area (Å²) in [5, 5.41) is 30.3. The van der Waals surface area contributed by atoms with E-state index in [1.54, 1.807) is 24.3 Å². The molecule has 180 valence electrons. The lowest BCUT2D eigenvalue weighted by molar-refractivity contribution is -0.112. The van der Waals surface area contributed by atoms with Crippen molar-refractivity contribution in [2.75, 3.05) is 13.2 Å². The molecule has 0 aliphatic heterocycles. The van der Waals surface area contributed by atoms with Gasteiger partial charge in [-0.25, -0.2) is 0 Å². The Morgan fingerprint density at radius 2 is 1.71 bits per heavy atom. The molecular weight excluding hydrogens is 448 g/mol. The van der Waals surface area contributed by atoms with Crippen molar-refractivity contribution in [2.24, 2.45) is 0 Å². The van der Waals surface area contributed by atoms with Crippen molar-refractivity contribution in [2.45, 2.75) is 48.7 Å². The number of ketones is 1. The largest absolute Gasteiger partial charge is 0.494 e. The van der Waals surface area contributed by atoms with Crippen LogP contribution in [0.2, 0.25) is 0 Å². The summed E-state index contributed by atoms with van der Waals surface area (Å²) >= 11 is 1.34. The van der Waals surface area contributed by atoms with Crippen LogP contribution < -0.4 is 4.74 Å². The Morgan fingerprint density at radius 1 is 1.00 bits per heavy atom. The average molecular weight is 481 g/mol. The number of thioether (sulfide) groups is 1. The highest BCUT2D eigenvalue weighted by Crippen LogP contribution is 2.41. The second-order valence-corrected chi connectivity index (χ2v) is 9.31. The van der Waals surface area contributed by atoms with Gasteiger partial charge in [-0.05, 0) is 62.4 Å². The third kappa shape index (κ3) is 7.71. The van der Waals surface area contributed by atoms with E-state index < -0.39 is 11.7 Å². The Hall–Kier alpha value is -2.64. The number of hydrogen-bond acceptors (Lipinski definition) is 6. The molecule has 0 heterocycles. The lowest BCUT2D eigenvalue weighted by Gasteiger charge is -2.22. The zero-order valence-corrected chi connectivity index (χ0v) is 20.0. The number of carbonyl (C=O) groups excluding carboxylic acids is 1. The van der Waals surface area contributed by atoms with Gasteiger partial charge in [0.1, 0.15) is 11.4 Å². The van der Waals surface area contributed by atoms with Gasteiger partial charge in [-0.3, -0.25) is 4.79 Å². The second-order valence-electron chi connectivity index (χ2n) is 8.19. The van der Waals surface area contributed by atoms with Gasteiger partial charge in [0.25, 0.3) is 0 Å². The molecule has 0 amide bonds. The topological polar surface area (TPSA) is 87.0 Å². The Balaban J connectivity index is 1.67. The highest BCUT2D eigenvalue weighted by Gasteiger charge is 2.41. The molecule has 6 heteroatoms. The molecule has 0 saturated carbocycles. The lowest BCUT2D eigenvalue weighted by Crippen LogP contribution is -2.28. The molecule has 0 fully saturated rings. The van der Waals surface area contributed by atoms with Crippen LogP contribution in [0, 0.1) is 0 Å². The van der Waals surface area contributed by atoms with Gasteiger partial charge in [0.15, 0.2) is 5.78 Å². The average Bonchev–Trinajstić information content (AvgIpc) is 3.08. The van der Waals surface area contributed by atoms with E-state index in [4.69, 9.17) is 9.84 Å².